The zero-order chi connectivity index (χ0) is 13.0. The third-order valence-corrected chi connectivity index (χ3v) is 4.20. The van der Waals surface area contributed by atoms with E-state index in [1.807, 2.05) is 11.8 Å². The Balaban J connectivity index is 1.86. The molecular weight excluding hydrogens is 256 g/mol. The predicted molar refractivity (Wildman–Crippen MR) is 69.7 cm³/mol. The van der Waals surface area contributed by atoms with Gasteiger partial charge in [0.2, 0.25) is 0 Å². The van der Waals surface area contributed by atoms with Gasteiger partial charge in [0.15, 0.2) is 11.6 Å². The molecule has 0 radical (unpaired) electrons. The van der Waals surface area contributed by atoms with Crippen LogP contribution < -0.4 is 5.32 Å². The second kappa shape index (κ2) is 6.50. The van der Waals surface area contributed by atoms with Crippen molar-refractivity contribution in [3.63, 3.8) is 0 Å². The van der Waals surface area contributed by atoms with Crippen molar-refractivity contribution in [3.8, 4) is 0 Å². The summed E-state index contributed by atoms with van der Waals surface area (Å²) in [7, 11) is 0. The van der Waals surface area contributed by atoms with Crippen LogP contribution in [0.5, 0.6) is 0 Å². The van der Waals surface area contributed by atoms with Gasteiger partial charge in [-0.1, -0.05) is 6.07 Å². The van der Waals surface area contributed by atoms with E-state index in [-0.39, 0.29) is 0 Å². The van der Waals surface area contributed by atoms with Gasteiger partial charge < -0.3 is 10.4 Å². The topological polar surface area (TPSA) is 32.3 Å². The van der Waals surface area contributed by atoms with Crippen LogP contribution in [0.2, 0.25) is 0 Å². The van der Waals surface area contributed by atoms with E-state index in [0.29, 0.717) is 18.2 Å². The Kier molecular flexibility index (Phi) is 4.97. The summed E-state index contributed by atoms with van der Waals surface area (Å²) in [4.78, 5) is 0. The third-order valence-electron chi connectivity index (χ3n) is 3.15. The van der Waals surface area contributed by atoms with Crippen molar-refractivity contribution >= 4 is 11.8 Å². The fourth-order valence-corrected chi connectivity index (χ4v) is 3.12. The molecule has 5 heteroatoms. The van der Waals surface area contributed by atoms with Gasteiger partial charge in [-0.3, -0.25) is 0 Å². The van der Waals surface area contributed by atoms with Crippen molar-refractivity contribution in [2.24, 2.45) is 0 Å². The van der Waals surface area contributed by atoms with E-state index >= 15 is 0 Å². The molecule has 2 N–H and O–H groups in total. The molecule has 1 fully saturated rings. The molecule has 2 rings (SSSR count). The summed E-state index contributed by atoms with van der Waals surface area (Å²) < 4.78 is 25.8. The van der Waals surface area contributed by atoms with E-state index in [4.69, 9.17) is 0 Å². The Hall–Kier alpha value is -0.650. The molecule has 1 saturated heterocycles. The van der Waals surface area contributed by atoms with Gasteiger partial charge in [0.05, 0.1) is 6.10 Å². The molecule has 18 heavy (non-hydrogen) atoms. The van der Waals surface area contributed by atoms with Crippen LogP contribution in [0.25, 0.3) is 0 Å². The summed E-state index contributed by atoms with van der Waals surface area (Å²) in [6, 6.07) is 3.94. The fourth-order valence-electron chi connectivity index (χ4n) is 2.02. The second-order valence-electron chi connectivity index (χ2n) is 4.48. The molecule has 1 heterocycles. The molecule has 1 aliphatic heterocycles. The number of rotatable bonds is 4. The highest BCUT2D eigenvalue weighted by Crippen LogP contribution is 2.19. The zero-order valence-electron chi connectivity index (χ0n) is 10.0. The van der Waals surface area contributed by atoms with E-state index in [0.717, 1.165) is 36.5 Å². The van der Waals surface area contributed by atoms with Crippen LogP contribution in [0.4, 0.5) is 8.78 Å². The second-order valence-corrected chi connectivity index (χ2v) is 5.71. The molecule has 0 spiro atoms. The number of aliphatic hydroxyl groups is 1. The van der Waals surface area contributed by atoms with E-state index in [1.54, 1.807) is 0 Å². The number of benzene rings is 1. The van der Waals surface area contributed by atoms with Crippen LogP contribution in [0.15, 0.2) is 18.2 Å². The van der Waals surface area contributed by atoms with Gasteiger partial charge in [-0.15, -0.1) is 0 Å². The Morgan fingerprint density at radius 2 is 2.00 bits per heavy atom. The lowest BCUT2D eigenvalue weighted by Crippen LogP contribution is -2.35. The largest absolute Gasteiger partial charge is 0.387 e. The molecule has 0 amide bonds. The normalized spacial score (nSPS) is 18.8. The Labute approximate surface area is 110 Å². The van der Waals surface area contributed by atoms with Crippen LogP contribution >= 0.6 is 11.8 Å². The molecule has 1 aromatic rings. The number of halogens is 2. The Bertz CT molecular complexity index is 397. The maximum atomic E-state index is 13.0. The van der Waals surface area contributed by atoms with E-state index in [2.05, 4.69) is 5.32 Å². The zero-order valence-corrected chi connectivity index (χ0v) is 10.9. The van der Waals surface area contributed by atoms with Crippen molar-refractivity contribution < 1.29 is 13.9 Å². The molecule has 1 unspecified atom stereocenters. The van der Waals surface area contributed by atoms with Crippen LogP contribution in [0, 0.1) is 11.6 Å². The number of nitrogens with one attached hydrogen (secondary N) is 1. The molecule has 0 aliphatic carbocycles. The van der Waals surface area contributed by atoms with Crippen LogP contribution in [-0.2, 0) is 0 Å². The van der Waals surface area contributed by atoms with Gasteiger partial charge in [0, 0.05) is 12.6 Å². The van der Waals surface area contributed by atoms with Gasteiger partial charge in [0.25, 0.3) is 0 Å². The minimum Gasteiger partial charge on any atom is -0.387 e. The average Bonchev–Trinajstić information content (AvgIpc) is 2.40. The lowest BCUT2D eigenvalue weighted by Gasteiger charge is -2.24. The number of aliphatic hydroxyl groups excluding tert-OH is 1. The van der Waals surface area contributed by atoms with Crippen LogP contribution in [0.1, 0.15) is 24.5 Å². The average molecular weight is 273 g/mol. The first-order valence-electron chi connectivity index (χ1n) is 6.11. The first-order chi connectivity index (χ1) is 8.66. The number of hydrogen-bond acceptors (Lipinski definition) is 3. The molecule has 2 nitrogen and oxygen atoms in total. The number of thioether (sulfide) groups is 1. The van der Waals surface area contributed by atoms with Crippen LogP contribution in [-0.4, -0.2) is 29.2 Å². The summed E-state index contributed by atoms with van der Waals surface area (Å²) in [5, 5.41) is 13.2. The van der Waals surface area contributed by atoms with Crippen LogP contribution in [0.3, 0.4) is 0 Å². The quantitative estimate of drug-likeness (QED) is 0.884. The summed E-state index contributed by atoms with van der Waals surface area (Å²) in [6.07, 6.45) is 1.39. The standard InChI is InChI=1S/C13H17F2NOS/c14-11-2-1-9(7-12(11)15)13(17)8-16-10-3-5-18-6-4-10/h1-2,7,10,13,16-17H,3-6,8H2. The number of hydrogen-bond donors (Lipinski definition) is 2. The smallest absolute Gasteiger partial charge is 0.159 e. The first-order valence-corrected chi connectivity index (χ1v) is 7.26. The van der Waals surface area contributed by atoms with Gasteiger partial charge in [-0.25, -0.2) is 8.78 Å². The van der Waals surface area contributed by atoms with Crippen molar-refractivity contribution in [2.45, 2.75) is 25.0 Å². The summed E-state index contributed by atoms with van der Waals surface area (Å²) in [6.45, 7) is 0.375. The molecule has 0 saturated carbocycles. The van der Waals surface area contributed by atoms with Gasteiger partial charge in [-0.05, 0) is 42.0 Å². The van der Waals surface area contributed by atoms with Crippen molar-refractivity contribution in [1.29, 1.82) is 0 Å². The maximum Gasteiger partial charge on any atom is 0.159 e. The Morgan fingerprint density at radius 3 is 2.67 bits per heavy atom. The predicted octanol–water partition coefficient (Wildman–Crippen LogP) is 2.48. The Morgan fingerprint density at radius 1 is 1.28 bits per heavy atom. The highest BCUT2D eigenvalue weighted by molar-refractivity contribution is 7.99. The summed E-state index contributed by atoms with van der Waals surface area (Å²) in [5.41, 5.74) is 0.409. The molecule has 0 bridgehead atoms. The third kappa shape index (κ3) is 3.67. The minimum atomic E-state index is -0.916. The maximum absolute atomic E-state index is 13.0. The highest BCUT2D eigenvalue weighted by atomic mass is 32.2. The van der Waals surface area contributed by atoms with Gasteiger partial charge in [-0.2, -0.15) is 11.8 Å². The molecule has 0 aromatic heterocycles. The molecule has 1 aromatic carbocycles. The van der Waals surface area contributed by atoms with Crippen molar-refractivity contribution in [3.05, 3.63) is 35.4 Å². The summed E-state index contributed by atoms with van der Waals surface area (Å²) >= 11 is 1.94. The van der Waals surface area contributed by atoms with Gasteiger partial charge >= 0.3 is 0 Å². The minimum absolute atomic E-state index is 0.375. The molecule has 1 aliphatic rings. The van der Waals surface area contributed by atoms with Gasteiger partial charge in [0.1, 0.15) is 0 Å². The SMILES string of the molecule is OC(CNC1CCSCC1)c1ccc(F)c(F)c1. The van der Waals surface area contributed by atoms with E-state index in [9.17, 15) is 13.9 Å². The van der Waals surface area contributed by atoms with Crippen molar-refractivity contribution in [1.82, 2.24) is 5.32 Å². The lowest BCUT2D eigenvalue weighted by atomic mass is 10.1. The first kappa shape index (κ1) is 13.8. The monoisotopic (exact) mass is 273 g/mol. The molecule has 100 valence electrons. The van der Waals surface area contributed by atoms with Crippen molar-refractivity contribution in [2.75, 3.05) is 18.1 Å². The van der Waals surface area contributed by atoms with E-state index in [1.165, 1.54) is 6.07 Å². The summed E-state index contributed by atoms with van der Waals surface area (Å²) in [5.74, 6) is 0.474. The fraction of sp³-hybridized carbons (Fsp3) is 0.538. The highest BCUT2D eigenvalue weighted by Gasteiger charge is 2.16. The van der Waals surface area contributed by atoms with E-state index < -0.39 is 17.7 Å². The molecule has 1 atom stereocenters. The molecular formula is C13H17F2NOS. The lowest BCUT2D eigenvalue weighted by molar-refractivity contribution is 0.168.